The summed E-state index contributed by atoms with van der Waals surface area (Å²) in [6, 6.07) is 6.14. The van der Waals surface area contributed by atoms with E-state index in [1.54, 1.807) is 18.3 Å². The minimum Gasteiger partial charge on any atom is -0.379 e. The van der Waals surface area contributed by atoms with Crippen LogP contribution in [-0.4, -0.2) is 56.3 Å². The number of ether oxygens (including phenoxy) is 1. The first-order valence-electron chi connectivity index (χ1n) is 7.42. The van der Waals surface area contributed by atoms with E-state index in [1.807, 2.05) is 5.38 Å². The molecule has 0 saturated carbocycles. The van der Waals surface area contributed by atoms with Gasteiger partial charge in [0.1, 0.15) is 0 Å². The molecule has 0 unspecified atom stereocenters. The fourth-order valence-electron chi connectivity index (χ4n) is 2.33. The third kappa shape index (κ3) is 3.81. The molecule has 128 valence electrons. The number of morpholine rings is 1. The molecule has 24 heavy (non-hydrogen) atoms. The van der Waals surface area contributed by atoms with Crippen LogP contribution in [0.1, 0.15) is 10.4 Å². The van der Waals surface area contributed by atoms with Gasteiger partial charge in [0, 0.05) is 30.2 Å². The first-order valence-corrected chi connectivity index (χ1v) is 9.74. The molecule has 0 atom stereocenters. The molecular weight excluding hydrogens is 350 g/mol. The number of aromatic nitrogens is 1. The second-order valence-electron chi connectivity index (χ2n) is 5.16. The number of anilines is 1. The highest BCUT2D eigenvalue weighted by molar-refractivity contribution is 7.89. The van der Waals surface area contributed by atoms with Crippen LogP contribution in [0, 0.1) is 0 Å². The smallest absolute Gasteiger partial charge is 0.243 e. The maximum Gasteiger partial charge on any atom is 0.243 e. The van der Waals surface area contributed by atoms with Gasteiger partial charge in [-0.05, 0) is 12.1 Å². The highest BCUT2D eigenvalue weighted by atomic mass is 32.2. The van der Waals surface area contributed by atoms with Crippen molar-refractivity contribution in [2.75, 3.05) is 38.2 Å². The van der Waals surface area contributed by atoms with Crippen molar-refractivity contribution in [1.29, 1.82) is 0 Å². The Hall–Kier alpha value is -1.81. The first kappa shape index (κ1) is 17.0. The lowest BCUT2D eigenvalue weighted by Crippen LogP contribution is -2.40. The van der Waals surface area contributed by atoms with Crippen LogP contribution in [0.4, 0.5) is 5.13 Å². The molecule has 0 bridgehead atoms. The standard InChI is InChI=1S/C15H17N3O4S2/c19-14(11-17-15-16-4-9-23-15)12-2-1-3-13(10-12)24(20,21)18-5-7-22-8-6-18/h1-4,9-10H,5-8,11H2,(H,16,17). The molecule has 1 aromatic carbocycles. The maximum atomic E-state index is 12.6. The highest BCUT2D eigenvalue weighted by Crippen LogP contribution is 2.19. The van der Waals surface area contributed by atoms with Crippen molar-refractivity contribution in [3.63, 3.8) is 0 Å². The Kier molecular flexibility index (Phi) is 5.24. The number of thiazole rings is 1. The number of ketones is 1. The van der Waals surface area contributed by atoms with Gasteiger partial charge in [0.15, 0.2) is 10.9 Å². The Morgan fingerprint density at radius 2 is 2.12 bits per heavy atom. The lowest BCUT2D eigenvalue weighted by atomic mass is 10.1. The molecule has 7 nitrogen and oxygen atoms in total. The van der Waals surface area contributed by atoms with E-state index in [0.29, 0.717) is 37.0 Å². The molecule has 0 amide bonds. The summed E-state index contributed by atoms with van der Waals surface area (Å²) in [6.07, 6.45) is 1.65. The summed E-state index contributed by atoms with van der Waals surface area (Å²) >= 11 is 1.40. The molecule has 1 aliphatic heterocycles. The summed E-state index contributed by atoms with van der Waals surface area (Å²) in [7, 11) is -3.61. The van der Waals surface area contributed by atoms with E-state index in [1.165, 1.54) is 27.8 Å². The molecule has 0 aliphatic carbocycles. The molecule has 2 aromatic rings. The van der Waals surface area contributed by atoms with Gasteiger partial charge in [0.2, 0.25) is 10.0 Å². The van der Waals surface area contributed by atoms with Gasteiger partial charge in [-0.3, -0.25) is 4.79 Å². The predicted molar refractivity (Wildman–Crippen MR) is 91.0 cm³/mol. The van der Waals surface area contributed by atoms with E-state index in [0.717, 1.165) is 0 Å². The molecule has 1 fully saturated rings. The number of carbonyl (C=O) groups excluding carboxylic acids is 1. The largest absolute Gasteiger partial charge is 0.379 e. The van der Waals surface area contributed by atoms with Gasteiger partial charge >= 0.3 is 0 Å². The van der Waals surface area contributed by atoms with E-state index in [-0.39, 0.29) is 17.2 Å². The number of hydrogen-bond acceptors (Lipinski definition) is 7. The number of carbonyl (C=O) groups is 1. The lowest BCUT2D eigenvalue weighted by Gasteiger charge is -2.26. The van der Waals surface area contributed by atoms with Crippen LogP contribution >= 0.6 is 11.3 Å². The van der Waals surface area contributed by atoms with E-state index in [4.69, 9.17) is 4.74 Å². The Morgan fingerprint density at radius 3 is 2.83 bits per heavy atom. The molecular formula is C15H17N3O4S2. The van der Waals surface area contributed by atoms with Crippen molar-refractivity contribution in [1.82, 2.24) is 9.29 Å². The third-order valence-electron chi connectivity index (χ3n) is 3.60. The summed E-state index contributed by atoms with van der Waals surface area (Å²) in [5.41, 5.74) is 0.355. The Labute approximate surface area is 144 Å². The van der Waals surface area contributed by atoms with Crippen molar-refractivity contribution >= 4 is 32.3 Å². The van der Waals surface area contributed by atoms with E-state index < -0.39 is 10.0 Å². The number of nitrogens with zero attached hydrogens (tertiary/aromatic N) is 2. The Morgan fingerprint density at radius 1 is 1.33 bits per heavy atom. The summed E-state index contributed by atoms with van der Waals surface area (Å²) in [4.78, 5) is 16.5. The van der Waals surface area contributed by atoms with Crippen molar-refractivity contribution in [3.05, 3.63) is 41.4 Å². The van der Waals surface area contributed by atoms with E-state index in [2.05, 4.69) is 10.3 Å². The highest BCUT2D eigenvalue weighted by Gasteiger charge is 2.26. The van der Waals surface area contributed by atoms with E-state index in [9.17, 15) is 13.2 Å². The molecule has 1 N–H and O–H groups in total. The van der Waals surface area contributed by atoms with E-state index >= 15 is 0 Å². The number of Topliss-reactive ketones (excluding diaryl/α,β-unsaturated/α-hetero) is 1. The molecule has 1 aromatic heterocycles. The minimum absolute atomic E-state index is 0.0641. The van der Waals surface area contributed by atoms with Gasteiger partial charge in [-0.2, -0.15) is 4.31 Å². The zero-order valence-corrected chi connectivity index (χ0v) is 14.5. The van der Waals surface area contributed by atoms with Gasteiger partial charge in [0.05, 0.1) is 24.7 Å². The quantitative estimate of drug-likeness (QED) is 0.778. The predicted octanol–water partition coefficient (Wildman–Crippen LogP) is 1.46. The first-order chi connectivity index (χ1) is 11.6. The molecule has 1 aliphatic rings. The minimum atomic E-state index is -3.61. The normalized spacial score (nSPS) is 16.0. The molecule has 9 heteroatoms. The lowest BCUT2D eigenvalue weighted by molar-refractivity contribution is 0.0730. The SMILES string of the molecule is O=C(CNc1nccs1)c1cccc(S(=O)(=O)N2CCOCC2)c1. The zero-order chi connectivity index (χ0) is 17.0. The van der Waals surface area contributed by atoms with Crippen molar-refractivity contribution in [3.8, 4) is 0 Å². The summed E-state index contributed by atoms with van der Waals surface area (Å²) in [5, 5.41) is 5.39. The summed E-state index contributed by atoms with van der Waals surface area (Å²) in [6.45, 7) is 1.48. The number of rotatable bonds is 6. The van der Waals surface area contributed by atoms with Crippen LogP contribution in [0.2, 0.25) is 0 Å². The second-order valence-corrected chi connectivity index (χ2v) is 7.99. The van der Waals surface area contributed by atoms with Crippen LogP contribution < -0.4 is 5.32 Å². The van der Waals surface area contributed by atoms with Crippen LogP contribution in [0.5, 0.6) is 0 Å². The summed E-state index contributed by atoms with van der Waals surface area (Å²) < 4.78 is 31.9. The van der Waals surface area contributed by atoms with Gasteiger partial charge in [-0.1, -0.05) is 12.1 Å². The average Bonchev–Trinajstić information content (AvgIpc) is 3.14. The van der Waals surface area contributed by atoms with Gasteiger partial charge in [-0.15, -0.1) is 11.3 Å². The number of sulfonamides is 1. The molecule has 2 heterocycles. The second kappa shape index (κ2) is 7.39. The molecule has 0 spiro atoms. The van der Waals surface area contributed by atoms with Crippen molar-refractivity contribution in [2.24, 2.45) is 0 Å². The van der Waals surface area contributed by atoms with Gasteiger partial charge < -0.3 is 10.1 Å². The topological polar surface area (TPSA) is 88.6 Å². The monoisotopic (exact) mass is 367 g/mol. The maximum absolute atomic E-state index is 12.6. The number of benzene rings is 1. The van der Waals surface area contributed by atoms with Crippen LogP contribution in [0.3, 0.4) is 0 Å². The van der Waals surface area contributed by atoms with Crippen LogP contribution in [0.15, 0.2) is 40.7 Å². The number of hydrogen-bond donors (Lipinski definition) is 1. The number of nitrogens with one attached hydrogen (secondary N) is 1. The summed E-state index contributed by atoms with van der Waals surface area (Å²) in [5.74, 6) is -0.191. The zero-order valence-electron chi connectivity index (χ0n) is 12.8. The fourth-order valence-corrected chi connectivity index (χ4v) is 4.32. The van der Waals surface area contributed by atoms with Crippen LogP contribution in [-0.2, 0) is 14.8 Å². The molecule has 0 radical (unpaired) electrons. The Balaban J connectivity index is 1.74. The third-order valence-corrected chi connectivity index (χ3v) is 6.22. The van der Waals surface area contributed by atoms with Gasteiger partial charge in [-0.25, -0.2) is 13.4 Å². The Bertz CT molecular complexity index is 800. The van der Waals surface area contributed by atoms with Gasteiger partial charge in [0.25, 0.3) is 0 Å². The van der Waals surface area contributed by atoms with Crippen molar-refractivity contribution in [2.45, 2.75) is 4.90 Å². The van der Waals surface area contributed by atoms with Crippen molar-refractivity contribution < 1.29 is 17.9 Å². The van der Waals surface area contributed by atoms with Crippen LogP contribution in [0.25, 0.3) is 0 Å². The molecule has 1 saturated heterocycles. The fraction of sp³-hybridized carbons (Fsp3) is 0.333. The molecule has 3 rings (SSSR count). The average molecular weight is 367 g/mol.